The molecule has 21 heavy (non-hydrogen) atoms. The van der Waals surface area contributed by atoms with E-state index in [0.717, 1.165) is 18.3 Å². The van der Waals surface area contributed by atoms with Gasteiger partial charge in [-0.05, 0) is 45.1 Å². The Labute approximate surface area is 129 Å². The van der Waals surface area contributed by atoms with E-state index >= 15 is 0 Å². The van der Waals surface area contributed by atoms with Crippen LogP contribution in [-0.2, 0) is 6.54 Å². The zero-order valence-corrected chi connectivity index (χ0v) is 13.6. The highest BCUT2D eigenvalue weighted by Gasteiger charge is 2.24. The van der Waals surface area contributed by atoms with Crippen LogP contribution in [0.1, 0.15) is 63.1 Å². The van der Waals surface area contributed by atoms with Crippen molar-refractivity contribution in [3.63, 3.8) is 0 Å². The van der Waals surface area contributed by atoms with Gasteiger partial charge in [-0.2, -0.15) is 0 Å². The van der Waals surface area contributed by atoms with Crippen LogP contribution in [0.2, 0.25) is 0 Å². The Morgan fingerprint density at radius 3 is 2.86 bits per heavy atom. The Bertz CT molecular complexity index is 468. The van der Waals surface area contributed by atoms with Crippen LogP contribution < -0.4 is 10.2 Å². The van der Waals surface area contributed by atoms with Gasteiger partial charge in [-0.25, -0.2) is 0 Å². The largest absolute Gasteiger partial charge is 0.368 e. The molecule has 2 aliphatic rings. The number of anilines is 1. The normalized spacial score (nSPS) is 23.1. The first kappa shape index (κ1) is 14.8. The van der Waals surface area contributed by atoms with E-state index in [9.17, 15) is 0 Å². The highest BCUT2D eigenvalue weighted by Crippen LogP contribution is 2.30. The van der Waals surface area contributed by atoms with E-state index in [1.54, 1.807) is 0 Å². The molecule has 0 radical (unpaired) electrons. The van der Waals surface area contributed by atoms with Crippen molar-refractivity contribution in [1.82, 2.24) is 10.3 Å². The molecule has 3 rings (SSSR count). The van der Waals surface area contributed by atoms with Gasteiger partial charge in [-0.3, -0.25) is 4.98 Å². The van der Waals surface area contributed by atoms with Gasteiger partial charge in [0.25, 0.3) is 0 Å². The van der Waals surface area contributed by atoms with Crippen LogP contribution in [0.5, 0.6) is 0 Å². The van der Waals surface area contributed by atoms with Crippen molar-refractivity contribution in [2.24, 2.45) is 0 Å². The summed E-state index contributed by atoms with van der Waals surface area (Å²) in [6, 6.07) is 3.76. The highest BCUT2D eigenvalue weighted by atomic mass is 15.2. The van der Waals surface area contributed by atoms with E-state index in [0.29, 0.717) is 6.04 Å². The molecule has 1 aromatic rings. The van der Waals surface area contributed by atoms with E-state index < -0.39 is 0 Å². The van der Waals surface area contributed by atoms with Gasteiger partial charge in [-0.1, -0.05) is 19.8 Å². The van der Waals surface area contributed by atoms with Gasteiger partial charge < -0.3 is 10.2 Å². The average Bonchev–Trinajstić information content (AvgIpc) is 3.32. The van der Waals surface area contributed by atoms with Gasteiger partial charge in [0.1, 0.15) is 0 Å². The van der Waals surface area contributed by atoms with Gasteiger partial charge in [0.15, 0.2) is 0 Å². The van der Waals surface area contributed by atoms with Crippen molar-refractivity contribution in [1.29, 1.82) is 0 Å². The van der Waals surface area contributed by atoms with E-state index in [1.807, 2.05) is 0 Å². The van der Waals surface area contributed by atoms with Crippen molar-refractivity contribution in [3.05, 3.63) is 23.5 Å². The lowest BCUT2D eigenvalue weighted by Gasteiger charge is -2.33. The predicted molar refractivity (Wildman–Crippen MR) is 88.7 cm³/mol. The fourth-order valence-corrected chi connectivity index (χ4v) is 3.44. The average molecular weight is 287 g/mol. The summed E-state index contributed by atoms with van der Waals surface area (Å²) in [4.78, 5) is 7.21. The zero-order valence-electron chi connectivity index (χ0n) is 13.6. The topological polar surface area (TPSA) is 28.2 Å². The molecule has 116 valence electrons. The van der Waals surface area contributed by atoms with Crippen LogP contribution in [0.3, 0.4) is 0 Å². The molecule has 1 aliphatic carbocycles. The van der Waals surface area contributed by atoms with Gasteiger partial charge in [0.05, 0.1) is 0 Å². The fraction of sp³-hybridized carbons (Fsp3) is 0.722. The molecule has 0 amide bonds. The number of hydrogen-bond donors (Lipinski definition) is 1. The number of pyridine rings is 1. The maximum absolute atomic E-state index is 4.54. The van der Waals surface area contributed by atoms with E-state index in [1.165, 1.54) is 62.7 Å². The molecule has 0 spiro atoms. The Hall–Kier alpha value is -1.09. The molecule has 1 unspecified atom stereocenters. The van der Waals surface area contributed by atoms with E-state index in [4.69, 9.17) is 0 Å². The molecule has 2 heterocycles. The summed E-state index contributed by atoms with van der Waals surface area (Å²) in [7, 11) is 0. The van der Waals surface area contributed by atoms with Crippen molar-refractivity contribution in [2.45, 2.75) is 77.4 Å². The first-order chi connectivity index (χ1) is 10.3. The van der Waals surface area contributed by atoms with Gasteiger partial charge in [0, 0.05) is 48.3 Å². The number of nitrogens with zero attached hydrogens (tertiary/aromatic N) is 2. The maximum Gasteiger partial charge on any atom is 0.0448 e. The smallest absolute Gasteiger partial charge is 0.0448 e. The molecule has 1 aromatic heterocycles. The molecule has 1 saturated carbocycles. The van der Waals surface area contributed by atoms with Crippen LogP contribution in [0, 0.1) is 6.92 Å². The van der Waals surface area contributed by atoms with Gasteiger partial charge >= 0.3 is 0 Å². The number of rotatable bonds is 5. The molecule has 0 bridgehead atoms. The quantitative estimate of drug-likeness (QED) is 0.893. The minimum Gasteiger partial charge on any atom is -0.368 e. The van der Waals surface area contributed by atoms with Crippen LogP contribution >= 0.6 is 0 Å². The lowest BCUT2D eigenvalue weighted by atomic mass is 10.1. The van der Waals surface area contributed by atoms with Crippen molar-refractivity contribution < 1.29 is 0 Å². The molecule has 2 fully saturated rings. The standard InChI is InChI=1S/C18H29N3/c1-3-17-7-5-4-6-10-21(17)18-11-14(2)19-12-15(18)13-20-16-8-9-16/h11-12,16-17,20H,3-10,13H2,1-2H3. The first-order valence-electron chi connectivity index (χ1n) is 8.73. The zero-order chi connectivity index (χ0) is 14.7. The molecular weight excluding hydrogens is 258 g/mol. The third-order valence-corrected chi connectivity index (χ3v) is 4.91. The molecule has 3 nitrogen and oxygen atoms in total. The number of hydrogen-bond acceptors (Lipinski definition) is 3. The van der Waals surface area contributed by atoms with Crippen LogP contribution in [0.25, 0.3) is 0 Å². The third-order valence-electron chi connectivity index (χ3n) is 4.91. The number of aryl methyl sites for hydroxylation is 1. The monoisotopic (exact) mass is 287 g/mol. The molecule has 1 aliphatic heterocycles. The molecule has 3 heteroatoms. The second kappa shape index (κ2) is 6.78. The summed E-state index contributed by atoms with van der Waals surface area (Å²) in [5, 5.41) is 3.65. The minimum absolute atomic E-state index is 0.703. The van der Waals surface area contributed by atoms with E-state index in [2.05, 4.69) is 41.3 Å². The SMILES string of the molecule is CCC1CCCCCN1c1cc(C)ncc1CNC1CC1. The Kier molecular flexibility index (Phi) is 4.79. The van der Waals surface area contributed by atoms with Gasteiger partial charge in [0.2, 0.25) is 0 Å². The summed E-state index contributed by atoms with van der Waals surface area (Å²) in [6.07, 6.45) is 11.5. The highest BCUT2D eigenvalue weighted by molar-refractivity contribution is 5.54. The molecule has 1 N–H and O–H groups in total. The molecule has 1 atom stereocenters. The second-order valence-corrected chi connectivity index (χ2v) is 6.71. The number of nitrogens with one attached hydrogen (secondary N) is 1. The van der Waals surface area contributed by atoms with Crippen LogP contribution in [0.4, 0.5) is 5.69 Å². The van der Waals surface area contributed by atoms with Gasteiger partial charge in [-0.15, -0.1) is 0 Å². The summed E-state index contributed by atoms with van der Waals surface area (Å²) in [5.41, 5.74) is 3.96. The molecule has 0 aromatic carbocycles. The Morgan fingerprint density at radius 1 is 1.24 bits per heavy atom. The first-order valence-corrected chi connectivity index (χ1v) is 8.73. The lowest BCUT2D eigenvalue weighted by molar-refractivity contribution is 0.553. The Balaban J connectivity index is 1.83. The lowest BCUT2D eigenvalue weighted by Crippen LogP contribution is -2.35. The summed E-state index contributed by atoms with van der Waals surface area (Å²) < 4.78 is 0. The fourth-order valence-electron chi connectivity index (χ4n) is 3.44. The van der Waals surface area contributed by atoms with Crippen molar-refractivity contribution >= 4 is 5.69 Å². The summed E-state index contributed by atoms with van der Waals surface area (Å²) in [6.45, 7) is 6.62. The maximum atomic E-state index is 4.54. The molecule has 1 saturated heterocycles. The van der Waals surface area contributed by atoms with Crippen LogP contribution in [0.15, 0.2) is 12.3 Å². The number of aromatic nitrogens is 1. The summed E-state index contributed by atoms with van der Waals surface area (Å²) >= 11 is 0. The summed E-state index contributed by atoms with van der Waals surface area (Å²) in [5.74, 6) is 0. The van der Waals surface area contributed by atoms with Crippen LogP contribution in [-0.4, -0.2) is 23.6 Å². The van der Waals surface area contributed by atoms with Crippen molar-refractivity contribution in [3.8, 4) is 0 Å². The van der Waals surface area contributed by atoms with Crippen molar-refractivity contribution in [2.75, 3.05) is 11.4 Å². The predicted octanol–water partition coefficient (Wildman–Crippen LogP) is 3.80. The third kappa shape index (κ3) is 3.76. The minimum atomic E-state index is 0.703. The molecular formula is C18H29N3. The van der Waals surface area contributed by atoms with E-state index in [-0.39, 0.29) is 0 Å². The Morgan fingerprint density at radius 2 is 2.10 bits per heavy atom. The second-order valence-electron chi connectivity index (χ2n) is 6.71.